The summed E-state index contributed by atoms with van der Waals surface area (Å²) in [6.45, 7) is 3.46. The van der Waals surface area contributed by atoms with Crippen molar-refractivity contribution in [2.75, 3.05) is 0 Å². The van der Waals surface area contributed by atoms with Crippen LogP contribution in [-0.2, 0) is 9.03 Å². The smallest absolute Gasteiger partial charge is 0.197 e. The molecular weight excluding hydrogens is 384 g/mol. The summed E-state index contributed by atoms with van der Waals surface area (Å²) in [5.41, 5.74) is -0.328. The minimum Gasteiger partial charge on any atom is -0.382 e. The van der Waals surface area contributed by atoms with Crippen molar-refractivity contribution in [2.24, 2.45) is 0 Å². The fourth-order valence-corrected chi connectivity index (χ4v) is 3.62. The summed E-state index contributed by atoms with van der Waals surface area (Å²) in [7, 11) is 0. The highest BCUT2D eigenvalue weighted by Crippen LogP contribution is 2.38. The van der Waals surface area contributed by atoms with E-state index < -0.39 is 35.7 Å². The molecule has 2 aromatic rings. The Morgan fingerprint density at radius 1 is 1.11 bits per heavy atom. The molecule has 0 radical (unpaired) electrons. The summed E-state index contributed by atoms with van der Waals surface area (Å²) >= 11 is 5.39. The van der Waals surface area contributed by atoms with Gasteiger partial charge in [0.05, 0.1) is 11.9 Å². The molecule has 2 N–H and O–H groups in total. The molecule has 1 aliphatic rings. The zero-order chi connectivity index (χ0) is 20.5. The van der Waals surface area contributed by atoms with Crippen LogP contribution in [0.3, 0.4) is 0 Å². The molecule has 7 heteroatoms. The van der Waals surface area contributed by atoms with Gasteiger partial charge >= 0.3 is 0 Å². The van der Waals surface area contributed by atoms with E-state index in [4.69, 9.17) is 16.6 Å². The Bertz CT molecular complexity index is 898. The van der Waals surface area contributed by atoms with Crippen molar-refractivity contribution in [3.05, 3.63) is 70.8 Å². The third kappa shape index (κ3) is 3.62. The topological polar surface area (TPSA) is 93.1 Å². The number of ketones is 2. The Hall–Kier alpha value is -2.09. The number of ether oxygens (including phenoxy) is 1. The second kappa shape index (κ2) is 8.11. The Kier molecular flexibility index (Phi) is 5.98. The van der Waals surface area contributed by atoms with E-state index in [9.17, 15) is 19.8 Å². The van der Waals surface area contributed by atoms with Gasteiger partial charge in [-0.1, -0.05) is 48.5 Å². The molecule has 0 spiro atoms. The average Bonchev–Trinajstić information content (AvgIpc) is 3.05. The lowest BCUT2D eigenvalue weighted by atomic mass is 9.81. The minimum absolute atomic E-state index is 0.268. The van der Waals surface area contributed by atoms with Gasteiger partial charge in [0.25, 0.3) is 0 Å². The number of carbonyl (C=O) groups is 2. The van der Waals surface area contributed by atoms with Gasteiger partial charge in [-0.25, -0.2) is 4.29 Å². The van der Waals surface area contributed by atoms with Crippen LogP contribution in [0, 0.1) is 13.8 Å². The van der Waals surface area contributed by atoms with E-state index in [0.717, 1.165) is 0 Å². The highest BCUT2D eigenvalue weighted by molar-refractivity contribution is 6.08. The van der Waals surface area contributed by atoms with Crippen LogP contribution in [0.25, 0.3) is 0 Å². The summed E-state index contributed by atoms with van der Waals surface area (Å²) in [6.07, 6.45) is -4.78. The van der Waals surface area contributed by atoms with E-state index in [-0.39, 0.29) is 17.5 Å². The number of halogens is 1. The molecule has 0 saturated carbocycles. The van der Waals surface area contributed by atoms with Crippen LogP contribution in [0.4, 0.5) is 0 Å². The normalized spacial score (nSPS) is 25.5. The number of hydrogen-bond acceptors (Lipinski definition) is 6. The monoisotopic (exact) mass is 404 g/mol. The standard InChI is InChI=1S/C21H21ClO6/c1-12-7-3-5-9-14(12)17(23)18(24)20-21(26,11-16(27-20)28-22)19(25)15-10-6-4-8-13(15)2/h3-10,16,18,20,24,26H,11H2,1-2H3/t16?,18?,20-,21-/m1/s1. The fraction of sp³-hybridized carbons (Fsp3) is 0.333. The van der Waals surface area contributed by atoms with E-state index >= 15 is 0 Å². The molecule has 6 nitrogen and oxygen atoms in total. The number of rotatable bonds is 6. The summed E-state index contributed by atoms with van der Waals surface area (Å²) in [5, 5.41) is 21.9. The molecule has 1 saturated heterocycles. The second-order valence-corrected chi connectivity index (χ2v) is 7.15. The molecule has 2 aromatic carbocycles. The van der Waals surface area contributed by atoms with Crippen LogP contribution in [0.2, 0.25) is 0 Å². The third-order valence-corrected chi connectivity index (χ3v) is 5.29. The lowest BCUT2D eigenvalue weighted by molar-refractivity contribution is -0.117. The molecule has 0 aliphatic carbocycles. The van der Waals surface area contributed by atoms with Crippen molar-refractivity contribution in [1.82, 2.24) is 0 Å². The SMILES string of the molecule is Cc1ccccc1C(=O)C(O)[C@H]1OC(OCl)C[C@@]1(O)C(=O)c1ccccc1C. The van der Waals surface area contributed by atoms with Crippen LogP contribution in [0.1, 0.15) is 38.3 Å². The van der Waals surface area contributed by atoms with E-state index in [0.29, 0.717) is 11.1 Å². The second-order valence-electron chi connectivity index (χ2n) is 6.97. The molecule has 1 heterocycles. The van der Waals surface area contributed by atoms with Gasteiger partial charge in [0, 0.05) is 17.5 Å². The number of aliphatic hydroxyl groups is 2. The Morgan fingerprint density at radius 2 is 1.64 bits per heavy atom. The van der Waals surface area contributed by atoms with Crippen molar-refractivity contribution in [3.63, 3.8) is 0 Å². The molecule has 148 valence electrons. The molecule has 0 aromatic heterocycles. The van der Waals surface area contributed by atoms with Crippen LogP contribution in [0.5, 0.6) is 0 Å². The van der Waals surface area contributed by atoms with Gasteiger partial charge in [0.1, 0.15) is 12.2 Å². The zero-order valence-corrected chi connectivity index (χ0v) is 16.2. The first kappa shape index (κ1) is 20.6. The van der Waals surface area contributed by atoms with E-state index in [1.54, 1.807) is 62.4 Å². The first-order chi connectivity index (χ1) is 13.3. The highest BCUT2D eigenvalue weighted by atomic mass is 35.5. The average molecular weight is 405 g/mol. The summed E-state index contributed by atoms with van der Waals surface area (Å²) in [4.78, 5) is 26.0. The van der Waals surface area contributed by atoms with E-state index in [1.165, 1.54) is 0 Å². The van der Waals surface area contributed by atoms with E-state index in [2.05, 4.69) is 4.29 Å². The number of benzene rings is 2. The maximum Gasteiger partial charge on any atom is 0.197 e. The van der Waals surface area contributed by atoms with Gasteiger partial charge in [-0.2, -0.15) is 0 Å². The van der Waals surface area contributed by atoms with Crippen LogP contribution in [0.15, 0.2) is 48.5 Å². The molecule has 0 amide bonds. The molecule has 2 unspecified atom stereocenters. The molecule has 1 fully saturated rings. The van der Waals surface area contributed by atoms with Gasteiger partial charge < -0.3 is 14.9 Å². The summed E-state index contributed by atoms with van der Waals surface area (Å²) < 4.78 is 10.1. The number of carbonyl (C=O) groups excluding carboxylic acids is 2. The largest absolute Gasteiger partial charge is 0.382 e. The minimum atomic E-state index is -2.18. The maximum atomic E-state index is 13.1. The lowest BCUT2D eigenvalue weighted by Crippen LogP contribution is -2.54. The van der Waals surface area contributed by atoms with E-state index in [1.807, 2.05) is 0 Å². The Balaban J connectivity index is 1.98. The summed E-state index contributed by atoms with van der Waals surface area (Å²) in [6, 6.07) is 13.4. The van der Waals surface area contributed by atoms with Crippen molar-refractivity contribution in [3.8, 4) is 0 Å². The number of Topliss-reactive ketones (excluding diaryl/α,β-unsaturated/α-hetero) is 2. The molecule has 4 atom stereocenters. The number of hydrogen-bond donors (Lipinski definition) is 2. The van der Waals surface area contributed by atoms with Gasteiger partial charge in [0.15, 0.2) is 23.5 Å². The Labute approximate surface area is 167 Å². The third-order valence-electron chi connectivity index (χ3n) is 5.10. The molecule has 0 bridgehead atoms. The first-order valence-corrected chi connectivity index (χ1v) is 9.14. The van der Waals surface area contributed by atoms with Crippen molar-refractivity contribution < 1.29 is 28.8 Å². The zero-order valence-electron chi connectivity index (χ0n) is 15.5. The van der Waals surface area contributed by atoms with Crippen molar-refractivity contribution >= 4 is 23.4 Å². The summed E-state index contributed by atoms with van der Waals surface area (Å²) in [5.74, 6) is -1.32. The van der Waals surface area contributed by atoms with Gasteiger partial charge in [-0.3, -0.25) is 9.59 Å². The maximum absolute atomic E-state index is 13.1. The lowest BCUT2D eigenvalue weighted by Gasteiger charge is -2.30. The molecule has 1 aliphatic heterocycles. The van der Waals surface area contributed by atoms with Crippen molar-refractivity contribution in [2.45, 2.75) is 44.4 Å². The van der Waals surface area contributed by atoms with Gasteiger partial charge in [-0.05, 0) is 25.0 Å². The molecule has 3 rings (SSSR count). The van der Waals surface area contributed by atoms with Gasteiger partial charge in [-0.15, -0.1) is 0 Å². The van der Waals surface area contributed by atoms with Crippen LogP contribution < -0.4 is 0 Å². The molecular formula is C21H21ClO6. The van der Waals surface area contributed by atoms with Crippen molar-refractivity contribution in [1.29, 1.82) is 0 Å². The predicted molar refractivity (Wildman–Crippen MR) is 102 cm³/mol. The van der Waals surface area contributed by atoms with Crippen LogP contribution in [-0.4, -0.2) is 45.9 Å². The van der Waals surface area contributed by atoms with Gasteiger partial charge in [0.2, 0.25) is 0 Å². The predicted octanol–water partition coefficient (Wildman–Crippen LogP) is 2.75. The molecule has 28 heavy (non-hydrogen) atoms. The first-order valence-electron chi connectivity index (χ1n) is 8.83. The number of aliphatic hydroxyl groups excluding tert-OH is 1. The Morgan fingerprint density at radius 3 is 2.18 bits per heavy atom. The number of aryl methyl sites for hydroxylation is 2. The fourth-order valence-electron chi connectivity index (χ4n) is 3.51. The van der Waals surface area contributed by atoms with Crippen LogP contribution >= 0.6 is 11.9 Å². The highest BCUT2D eigenvalue weighted by Gasteiger charge is 2.57. The quantitative estimate of drug-likeness (QED) is 0.719.